The molecule has 0 saturated carbocycles. The van der Waals surface area contributed by atoms with E-state index in [0.29, 0.717) is 0 Å². The first-order valence-corrected chi connectivity index (χ1v) is 8.33. The number of aliphatic hydroxyl groups excluding tert-OH is 1. The van der Waals surface area contributed by atoms with Crippen LogP contribution in [0.25, 0.3) is 0 Å². The van der Waals surface area contributed by atoms with Crippen LogP contribution in [-0.2, 0) is 9.84 Å². The Hall–Kier alpha value is -0.260. The summed E-state index contributed by atoms with van der Waals surface area (Å²) in [7, 11) is -3.60. The van der Waals surface area contributed by atoms with Gasteiger partial charge in [0.25, 0.3) is 5.69 Å². The summed E-state index contributed by atoms with van der Waals surface area (Å²) in [5.74, 6) is 0. The molecule has 0 aliphatic carbocycles. The van der Waals surface area contributed by atoms with Crippen LogP contribution in [0.4, 0.5) is 5.69 Å². The first-order chi connectivity index (χ1) is 8.07. The Morgan fingerprint density at radius 1 is 1.56 bits per heavy atom. The molecular formula is C9H9BrINO5S. The highest BCUT2D eigenvalue weighted by atomic mass is 127. The quantitative estimate of drug-likeness (QED) is 0.328. The Bertz CT molecular complexity index is 574. The molecule has 0 heterocycles. The van der Waals surface area contributed by atoms with Crippen LogP contribution in [0.1, 0.15) is 11.7 Å². The van der Waals surface area contributed by atoms with E-state index in [1.54, 1.807) is 22.6 Å². The van der Waals surface area contributed by atoms with Crippen LogP contribution in [0.5, 0.6) is 0 Å². The Morgan fingerprint density at radius 2 is 2.11 bits per heavy atom. The van der Waals surface area contributed by atoms with Crippen molar-refractivity contribution in [2.24, 2.45) is 0 Å². The number of hydrogen-bond donors (Lipinski definition) is 1. The van der Waals surface area contributed by atoms with Gasteiger partial charge < -0.3 is 5.11 Å². The molecule has 0 radical (unpaired) electrons. The van der Waals surface area contributed by atoms with Crippen LogP contribution in [0, 0.1) is 10.1 Å². The van der Waals surface area contributed by atoms with Gasteiger partial charge in [0.05, 0.1) is 4.92 Å². The highest BCUT2D eigenvalue weighted by molar-refractivity contribution is 14.1. The molecule has 0 amide bonds. The lowest BCUT2D eigenvalue weighted by Crippen LogP contribution is -2.31. The number of nitro groups is 1. The van der Waals surface area contributed by atoms with E-state index in [9.17, 15) is 23.6 Å². The Labute approximate surface area is 126 Å². The van der Waals surface area contributed by atoms with E-state index >= 15 is 0 Å². The van der Waals surface area contributed by atoms with Crippen molar-refractivity contribution in [3.63, 3.8) is 0 Å². The van der Waals surface area contributed by atoms with Gasteiger partial charge in [-0.25, -0.2) is 8.42 Å². The normalized spacial score (nSPS) is 16.9. The summed E-state index contributed by atoms with van der Waals surface area (Å²) in [4.78, 5) is 10.0. The summed E-state index contributed by atoms with van der Waals surface area (Å²) in [5.41, 5.74) is -0.0550. The number of nitro benzene ring substituents is 1. The van der Waals surface area contributed by atoms with Crippen molar-refractivity contribution in [3.8, 4) is 0 Å². The molecule has 100 valence electrons. The maximum Gasteiger partial charge on any atom is 0.269 e. The van der Waals surface area contributed by atoms with Crippen LogP contribution in [0.15, 0.2) is 24.3 Å². The second-order valence-electron chi connectivity index (χ2n) is 3.59. The Balaban J connectivity index is 3.23. The summed E-state index contributed by atoms with van der Waals surface area (Å²) in [6.07, 6.45) is -0.456. The van der Waals surface area contributed by atoms with Crippen molar-refractivity contribution in [1.82, 2.24) is 0 Å². The molecule has 2 atom stereocenters. The fraction of sp³-hybridized carbons (Fsp3) is 0.333. The number of sulfone groups is 1. The van der Waals surface area contributed by atoms with Crippen molar-refractivity contribution in [1.29, 1.82) is 0 Å². The molecule has 1 aromatic carbocycles. The molecule has 0 aliphatic heterocycles. The third-order valence-electron chi connectivity index (χ3n) is 2.21. The van der Waals surface area contributed by atoms with Gasteiger partial charge in [-0.1, -0.05) is 28.1 Å². The first-order valence-electron chi connectivity index (χ1n) is 4.57. The molecule has 1 N–H and O–H groups in total. The van der Waals surface area contributed by atoms with Gasteiger partial charge in [-0.2, -0.15) is 0 Å². The molecule has 0 aromatic heterocycles. The SMILES string of the molecule is CS(=O)(=O)[C@@](Br)(I)[C@@H](O)c1cccc([N+](=O)[O-])c1. The average Bonchev–Trinajstić information content (AvgIpc) is 2.26. The van der Waals surface area contributed by atoms with Gasteiger partial charge in [0.15, 0.2) is 9.84 Å². The molecule has 6 nitrogen and oxygen atoms in total. The molecule has 18 heavy (non-hydrogen) atoms. The zero-order valence-corrected chi connectivity index (χ0v) is 13.6. The summed E-state index contributed by atoms with van der Waals surface area (Å²) in [6.45, 7) is 0. The summed E-state index contributed by atoms with van der Waals surface area (Å²) < 4.78 is 21.4. The lowest BCUT2D eigenvalue weighted by Gasteiger charge is -2.24. The summed E-state index contributed by atoms with van der Waals surface area (Å²) in [6, 6.07) is 5.22. The van der Waals surface area contributed by atoms with Gasteiger partial charge in [-0.05, 0) is 28.2 Å². The predicted octanol–water partition coefficient (Wildman–Crippen LogP) is 2.16. The molecule has 0 unspecified atom stereocenters. The number of nitrogens with zero attached hydrogens (tertiary/aromatic N) is 1. The maximum atomic E-state index is 11.5. The van der Waals surface area contributed by atoms with Crippen molar-refractivity contribution >= 4 is 54.0 Å². The van der Waals surface area contributed by atoms with E-state index < -0.39 is 22.5 Å². The second-order valence-corrected chi connectivity index (χ2v) is 11.5. The lowest BCUT2D eigenvalue weighted by molar-refractivity contribution is -0.385. The van der Waals surface area contributed by atoms with Crippen molar-refractivity contribution < 1.29 is 18.4 Å². The van der Waals surface area contributed by atoms with Gasteiger partial charge >= 0.3 is 0 Å². The zero-order valence-electron chi connectivity index (χ0n) is 9.08. The number of halogens is 2. The zero-order chi connectivity index (χ0) is 14.1. The molecule has 1 aromatic rings. The Morgan fingerprint density at radius 3 is 2.56 bits per heavy atom. The number of benzene rings is 1. The van der Waals surface area contributed by atoms with Crippen molar-refractivity contribution in [2.75, 3.05) is 6.26 Å². The van der Waals surface area contributed by atoms with Crippen LogP contribution in [0.2, 0.25) is 0 Å². The number of non-ortho nitro benzene ring substituents is 1. The average molecular weight is 450 g/mol. The fourth-order valence-electron chi connectivity index (χ4n) is 1.21. The molecule has 0 fully saturated rings. The molecule has 9 heteroatoms. The van der Waals surface area contributed by atoms with E-state index in [0.717, 1.165) is 12.3 Å². The van der Waals surface area contributed by atoms with Crippen LogP contribution < -0.4 is 0 Å². The number of hydrogen-bond acceptors (Lipinski definition) is 5. The molecule has 0 spiro atoms. The van der Waals surface area contributed by atoms with Crippen LogP contribution in [0.3, 0.4) is 0 Å². The topological polar surface area (TPSA) is 97.5 Å². The Kier molecular flexibility index (Phi) is 4.73. The van der Waals surface area contributed by atoms with E-state index in [2.05, 4.69) is 15.9 Å². The number of alkyl halides is 2. The second kappa shape index (κ2) is 5.39. The molecule has 0 aliphatic rings. The third-order valence-corrected chi connectivity index (χ3v) is 8.61. The molecule has 0 saturated heterocycles. The molecule has 1 rings (SSSR count). The van der Waals surface area contributed by atoms with Gasteiger partial charge in [0, 0.05) is 18.4 Å². The summed E-state index contributed by atoms with van der Waals surface area (Å²) >= 11 is 4.49. The first kappa shape index (κ1) is 15.8. The number of aliphatic hydroxyl groups is 1. The lowest BCUT2D eigenvalue weighted by atomic mass is 10.1. The van der Waals surface area contributed by atoms with E-state index in [4.69, 9.17) is 0 Å². The maximum absolute atomic E-state index is 11.5. The van der Waals surface area contributed by atoms with Gasteiger partial charge in [0.2, 0.25) is 1.66 Å². The largest absolute Gasteiger partial charge is 0.385 e. The van der Waals surface area contributed by atoms with E-state index in [-0.39, 0.29) is 11.3 Å². The van der Waals surface area contributed by atoms with Gasteiger partial charge in [0.1, 0.15) is 6.10 Å². The van der Waals surface area contributed by atoms with Crippen LogP contribution in [-0.4, -0.2) is 26.4 Å². The van der Waals surface area contributed by atoms with Crippen LogP contribution >= 0.6 is 38.5 Å². The van der Waals surface area contributed by atoms with Crippen molar-refractivity contribution in [3.05, 3.63) is 39.9 Å². The summed E-state index contributed by atoms with van der Waals surface area (Å²) in [5, 5.41) is 20.6. The standard InChI is InChI=1S/C9H9BrINO5S/c1-18(16,17)9(10,11)8(13)6-3-2-4-7(5-6)12(14)15/h2-5,8,13H,1H3/t8-,9-/m0/s1. The minimum Gasteiger partial charge on any atom is -0.385 e. The van der Waals surface area contributed by atoms with Crippen molar-refractivity contribution in [2.45, 2.75) is 7.77 Å². The highest BCUT2D eigenvalue weighted by Crippen LogP contribution is 2.44. The smallest absolute Gasteiger partial charge is 0.269 e. The van der Waals surface area contributed by atoms with E-state index in [1.165, 1.54) is 18.2 Å². The third kappa shape index (κ3) is 3.19. The predicted molar refractivity (Wildman–Crippen MR) is 78.6 cm³/mol. The minimum absolute atomic E-state index is 0.154. The van der Waals surface area contributed by atoms with Gasteiger partial charge in [-0.3, -0.25) is 10.1 Å². The fourth-order valence-corrected chi connectivity index (χ4v) is 2.37. The minimum atomic E-state index is -3.60. The number of rotatable bonds is 4. The highest BCUT2D eigenvalue weighted by Gasteiger charge is 2.43. The monoisotopic (exact) mass is 449 g/mol. The van der Waals surface area contributed by atoms with Gasteiger partial charge in [-0.15, -0.1) is 0 Å². The van der Waals surface area contributed by atoms with E-state index in [1.807, 2.05) is 0 Å². The molecule has 0 bridgehead atoms. The molecular weight excluding hydrogens is 441 g/mol.